The third kappa shape index (κ3) is 3.02. The summed E-state index contributed by atoms with van der Waals surface area (Å²) in [7, 11) is 0. The smallest absolute Gasteiger partial charge is 0.301 e. The van der Waals surface area contributed by atoms with Gasteiger partial charge in [-0.2, -0.15) is 9.98 Å². The molecule has 17 heavy (non-hydrogen) atoms. The van der Waals surface area contributed by atoms with E-state index in [9.17, 15) is 9.59 Å². The number of aliphatic imine (C=N–C) groups is 2. The van der Waals surface area contributed by atoms with Crippen LogP contribution in [0.1, 0.15) is 21.0 Å². The molecule has 0 aliphatic carbocycles. The first-order chi connectivity index (χ1) is 7.91. The predicted octanol–water partition coefficient (Wildman–Crippen LogP) is -2.76. The third-order valence-corrected chi connectivity index (χ3v) is 1.52. The van der Waals surface area contributed by atoms with Gasteiger partial charge in [-0.05, 0) is 0 Å². The molecule has 9 N–H and O–H groups in total. The molecule has 10 nitrogen and oxygen atoms in total. The molecule has 0 atom stereocenters. The van der Waals surface area contributed by atoms with Gasteiger partial charge in [-0.15, -0.1) is 0 Å². The Bertz CT molecular complexity index is 461. The van der Waals surface area contributed by atoms with E-state index >= 15 is 0 Å². The maximum absolute atomic E-state index is 11.4. The van der Waals surface area contributed by atoms with Gasteiger partial charge in [-0.3, -0.25) is 9.59 Å². The second-order valence-electron chi connectivity index (χ2n) is 2.81. The van der Waals surface area contributed by atoms with Crippen molar-refractivity contribution in [2.75, 3.05) is 0 Å². The molecule has 2 amide bonds. The molecule has 0 aliphatic heterocycles. The number of H-pyrrole nitrogens is 1. The molecular weight excluding hydrogens is 228 g/mol. The van der Waals surface area contributed by atoms with Crippen LogP contribution < -0.4 is 22.9 Å². The highest BCUT2D eigenvalue weighted by Crippen LogP contribution is 2.06. The quantitative estimate of drug-likeness (QED) is 0.272. The molecule has 0 fully saturated rings. The minimum absolute atomic E-state index is 0.201. The molecule has 1 aromatic rings. The summed E-state index contributed by atoms with van der Waals surface area (Å²) < 4.78 is 0. The number of guanidine groups is 2. The summed E-state index contributed by atoms with van der Waals surface area (Å²) in [4.78, 5) is 35.4. The van der Waals surface area contributed by atoms with Crippen LogP contribution in [-0.4, -0.2) is 33.7 Å². The lowest BCUT2D eigenvalue weighted by Gasteiger charge is -1.95. The summed E-state index contributed by atoms with van der Waals surface area (Å²) in [6.07, 6.45) is 1.12. The molecule has 0 aliphatic rings. The van der Waals surface area contributed by atoms with Crippen LogP contribution in [-0.2, 0) is 0 Å². The largest absolute Gasteiger partial charge is 0.370 e. The Kier molecular flexibility index (Phi) is 3.39. The second-order valence-corrected chi connectivity index (χ2v) is 2.81. The number of nitrogens with zero attached hydrogens (tertiary/aromatic N) is 3. The van der Waals surface area contributed by atoms with Gasteiger partial charge in [0.2, 0.25) is 0 Å². The molecule has 1 aromatic heterocycles. The highest BCUT2D eigenvalue weighted by atomic mass is 16.2. The van der Waals surface area contributed by atoms with E-state index in [1.165, 1.54) is 0 Å². The van der Waals surface area contributed by atoms with Crippen molar-refractivity contribution in [2.45, 2.75) is 0 Å². The summed E-state index contributed by atoms with van der Waals surface area (Å²) in [5.74, 6) is -2.61. The molecule has 0 unspecified atom stereocenters. The number of nitrogens with two attached hydrogens (primary N) is 4. The number of rotatable bonds is 2. The number of hydrogen-bond donors (Lipinski definition) is 5. The lowest BCUT2D eigenvalue weighted by Crippen LogP contribution is -2.25. The van der Waals surface area contributed by atoms with Gasteiger partial charge in [0.05, 0.1) is 6.33 Å². The molecule has 0 saturated carbocycles. The van der Waals surface area contributed by atoms with E-state index in [1.807, 2.05) is 0 Å². The zero-order valence-electron chi connectivity index (χ0n) is 8.54. The van der Waals surface area contributed by atoms with Crippen molar-refractivity contribution in [2.24, 2.45) is 32.9 Å². The van der Waals surface area contributed by atoms with Crippen LogP contribution in [0.2, 0.25) is 0 Å². The Balaban J connectivity index is 3.10. The highest BCUT2D eigenvalue weighted by molar-refractivity contribution is 6.10. The SMILES string of the molecule is NC(N)=NC(=O)c1nc[nH]c1C(=O)N=C(N)N. The molecule has 0 spiro atoms. The van der Waals surface area contributed by atoms with Gasteiger partial charge in [-0.1, -0.05) is 0 Å². The molecule has 0 bridgehead atoms. The van der Waals surface area contributed by atoms with Gasteiger partial charge >= 0.3 is 5.91 Å². The van der Waals surface area contributed by atoms with Crippen LogP contribution in [0.3, 0.4) is 0 Å². The second kappa shape index (κ2) is 4.74. The van der Waals surface area contributed by atoms with Gasteiger partial charge in [0.1, 0.15) is 5.69 Å². The lowest BCUT2D eigenvalue weighted by atomic mass is 10.3. The van der Waals surface area contributed by atoms with E-state index in [1.54, 1.807) is 0 Å². The molecule has 0 radical (unpaired) electrons. The van der Waals surface area contributed by atoms with Crippen molar-refractivity contribution in [3.63, 3.8) is 0 Å². The number of amides is 2. The molecule has 1 rings (SSSR count). The fourth-order valence-corrected chi connectivity index (χ4v) is 0.963. The minimum atomic E-state index is -0.875. The highest BCUT2D eigenvalue weighted by Gasteiger charge is 2.19. The standard InChI is InChI=1S/C7H10N8O2/c8-6(9)14-4(16)2-3(13-1-12-2)5(17)15-7(10)11/h1H,(H,12,13)(H4,8,9,14,16)(H4,10,11,15,17). The maximum Gasteiger partial charge on any atom is 0.301 e. The van der Waals surface area contributed by atoms with E-state index in [2.05, 4.69) is 20.0 Å². The topological polar surface area (TPSA) is 192 Å². The van der Waals surface area contributed by atoms with E-state index in [0.29, 0.717) is 0 Å². The normalized spacial score (nSPS) is 9.41. The van der Waals surface area contributed by atoms with Crippen molar-refractivity contribution < 1.29 is 9.59 Å². The molecule has 10 heteroatoms. The van der Waals surface area contributed by atoms with Crippen LogP contribution >= 0.6 is 0 Å². The van der Waals surface area contributed by atoms with E-state index < -0.39 is 23.7 Å². The zero-order valence-corrected chi connectivity index (χ0v) is 8.54. The molecule has 90 valence electrons. The fraction of sp³-hybridized carbons (Fsp3) is 0. The zero-order chi connectivity index (χ0) is 13.0. The minimum Gasteiger partial charge on any atom is -0.370 e. The molecule has 0 aromatic carbocycles. The van der Waals surface area contributed by atoms with Gasteiger partial charge in [-0.25, -0.2) is 4.98 Å². The number of nitrogens with one attached hydrogen (secondary N) is 1. The van der Waals surface area contributed by atoms with Gasteiger partial charge < -0.3 is 27.9 Å². The average Bonchev–Trinajstić information content (AvgIpc) is 2.63. The summed E-state index contributed by atoms with van der Waals surface area (Å²) in [6, 6.07) is 0. The van der Waals surface area contributed by atoms with Crippen molar-refractivity contribution >= 4 is 23.7 Å². The van der Waals surface area contributed by atoms with E-state index in [4.69, 9.17) is 22.9 Å². The first-order valence-corrected chi connectivity index (χ1v) is 4.23. The van der Waals surface area contributed by atoms with Crippen molar-refractivity contribution in [1.29, 1.82) is 0 Å². The Hall–Kier alpha value is -2.91. The van der Waals surface area contributed by atoms with Crippen LogP contribution in [0.5, 0.6) is 0 Å². The third-order valence-electron chi connectivity index (χ3n) is 1.52. The molecule has 1 heterocycles. The Labute approximate surface area is 94.8 Å². The van der Waals surface area contributed by atoms with Crippen LogP contribution in [0, 0.1) is 0 Å². The Morgan fingerprint density at radius 2 is 1.59 bits per heavy atom. The van der Waals surface area contributed by atoms with E-state index in [0.717, 1.165) is 6.33 Å². The van der Waals surface area contributed by atoms with Crippen molar-refractivity contribution in [3.05, 3.63) is 17.7 Å². The fourth-order valence-electron chi connectivity index (χ4n) is 0.963. The number of carbonyl (C=O) groups is 2. The maximum atomic E-state index is 11.4. The first kappa shape index (κ1) is 12.2. The summed E-state index contributed by atoms with van der Waals surface area (Å²) in [6.45, 7) is 0. The Morgan fingerprint density at radius 3 is 2.12 bits per heavy atom. The van der Waals surface area contributed by atoms with Gasteiger partial charge in [0.15, 0.2) is 17.6 Å². The van der Waals surface area contributed by atoms with Crippen molar-refractivity contribution in [1.82, 2.24) is 9.97 Å². The number of aromatic amines is 1. The summed E-state index contributed by atoms with van der Waals surface area (Å²) >= 11 is 0. The van der Waals surface area contributed by atoms with Crippen LogP contribution in [0.15, 0.2) is 16.3 Å². The average molecular weight is 238 g/mol. The van der Waals surface area contributed by atoms with Crippen LogP contribution in [0.25, 0.3) is 0 Å². The summed E-state index contributed by atoms with van der Waals surface area (Å²) in [5, 5.41) is 0. The van der Waals surface area contributed by atoms with Crippen molar-refractivity contribution in [3.8, 4) is 0 Å². The molecular formula is C7H10N8O2. The number of aromatic nitrogens is 2. The number of hydrogen-bond acceptors (Lipinski definition) is 3. The van der Waals surface area contributed by atoms with Gasteiger partial charge in [0, 0.05) is 0 Å². The monoisotopic (exact) mass is 238 g/mol. The van der Waals surface area contributed by atoms with Crippen LogP contribution in [0.4, 0.5) is 0 Å². The molecule has 0 saturated heterocycles. The predicted molar refractivity (Wildman–Crippen MR) is 58.9 cm³/mol. The van der Waals surface area contributed by atoms with E-state index in [-0.39, 0.29) is 11.4 Å². The number of carbonyl (C=O) groups excluding carboxylic acids is 2. The Morgan fingerprint density at radius 1 is 1.06 bits per heavy atom. The summed E-state index contributed by atoms with van der Waals surface area (Å²) in [5.41, 5.74) is 19.6. The number of imidazole rings is 1. The lowest BCUT2D eigenvalue weighted by molar-refractivity contribution is 0.0965. The first-order valence-electron chi connectivity index (χ1n) is 4.23. The van der Waals surface area contributed by atoms with Gasteiger partial charge in [0.25, 0.3) is 5.91 Å².